The van der Waals surface area contributed by atoms with Crippen LogP contribution in [0, 0.1) is 6.92 Å². The molecule has 5 heteroatoms. The molecule has 4 nitrogen and oxygen atoms in total. The molecular weight excluding hydrogens is 268 g/mol. The van der Waals surface area contributed by atoms with Gasteiger partial charge < -0.3 is 5.32 Å². The van der Waals surface area contributed by atoms with Crippen molar-refractivity contribution in [2.75, 3.05) is 18.9 Å². The molecule has 0 spiro atoms. The van der Waals surface area contributed by atoms with Crippen LogP contribution in [0.15, 0.2) is 23.8 Å². The van der Waals surface area contributed by atoms with Crippen LogP contribution in [0.4, 0.5) is 5.82 Å². The van der Waals surface area contributed by atoms with Gasteiger partial charge in [-0.25, -0.2) is 4.98 Å². The summed E-state index contributed by atoms with van der Waals surface area (Å²) in [6, 6.07) is 2.60. The van der Waals surface area contributed by atoms with Crippen LogP contribution in [-0.4, -0.2) is 28.5 Å². The molecule has 0 aliphatic carbocycles. The quantitative estimate of drug-likeness (QED) is 0.938. The Morgan fingerprint density at radius 3 is 3.10 bits per heavy atom. The zero-order chi connectivity index (χ0) is 13.9. The molecule has 0 unspecified atom stereocenters. The second kappa shape index (κ2) is 5.89. The topological polar surface area (TPSA) is 41.1 Å². The summed E-state index contributed by atoms with van der Waals surface area (Å²) in [7, 11) is 1.88. The van der Waals surface area contributed by atoms with Gasteiger partial charge in [0, 0.05) is 18.5 Å². The Labute approximate surface area is 123 Å². The van der Waals surface area contributed by atoms with Crippen molar-refractivity contribution in [2.45, 2.75) is 32.4 Å². The van der Waals surface area contributed by atoms with Crippen LogP contribution in [0.5, 0.6) is 0 Å². The molecule has 3 rings (SSSR count). The summed E-state index contributed by atoms with van der Waals surface area (Å²) in [5.74, 6) is 0.849. The molecule has 106 valence electrons. The number of nitrogens with one attached hydrogen (secondary N) is 1. The summed E-state index contributed by atoms with van der Waals surface area (Å²) in [5, 5.41) is 5.25. The highest BCUT2D eigenvalue weighted by Crippen LogP contribution is 2.33. The first-order valence-corrected chi connectivity index (χ1v) is 7.92. The minimum absolute atomic E-state index is 0.400. The SMILES string of the molecule is CNc1cncc([C@H]2CCCN2Cc2sccc2C)n1. The smallest absolute Gasteiger partial charge is 0.144 e. The van der Waals surface area contributed by atoms with E-state index < -0.39 is 0 Å². The maximum Gasteiger partial charge on any atom is 0.144 e. The highest BCUT2D eigenvalue weighted by Gasteiger charge is 2.28. The first-order valence-electron chi connectivity index (χ1n) is 7.04. The predicted octanol–water partition coefficient (Wildman–Crippen LogP) is 3.23. The second-order valence-corrected chi connectivity index (χ2v) is 6.24. The highest BCUT2D eigenvalue weighted by molar-refractivity contribution is 7.10. The number of aryl methyl sites for hydroxylation is 1. The molecule has 2 aromatic heterocycles. The molecule has 1 saturated heterocycles. The van der Waals surface area contributed by atoms with Gasteiger partial charge in [-0.3, -0.25) is 9.88 Å². The zero-order valence-electron chi connectivity index (χ0n) is 12.0. The van der Waals surface area contributed by atoms with Crippen molar-refractivity contribution in [2.24, 2.45) is 0 Å². The number of hydrogen-bond donors (Lipinski definition) is 1. The first-order chi connectivity index (χ1) is 9.78. The van der Waals surface area contributed by atoms with E-state index in [2.05, 4.69) is 38.6 Å². The van der Waals surface area contributed by atoms with E-state index in [0.717, 1.165) is 24.6 Å². The molecule has 20 heavy (non-hydrogen) atoms. The van der Waals surface area contributed by atoms with Crippen LogP contribution in [0.25, 0.3) is 0 Å². The number of anilines is 1. The number of hydrogen-bond acceptors (Lipinski definition) is 5. The zero-order valence-corrected chi connectivity index (χ0v) is 12.8. The van der Waals surface area contributed by atoms with Gasteiger partial charge in [0.15, 0.2) is 0 Å². The molecule has 1 N–H and O–H groups in total. The molecule has 1 atom stereocenters. The third-order valence-electron chi connectivity index (χ3n) is 3.93. The minimum atomic E-state index is 0.400. The predicted molar refractivity (Wildman–Crippen MR) is 83.0 cm³/mol. The summed E-state index contributed by atoms with van der Waals surface area (Å²) >= 11 is 1.85. The molecule has 0 saturated carbocycles. The van der Waals surface area contributed by atoms with Gasteiger partial charge in [-0.05, 0) is 43.3 Å². The average Bonchev–Trinajstić information content (AvgIpc) is 3.09. The summed E-state index contributed by atoms with van der Waals surface area (Å²) in [4.78, 5) is 13.0. The van der Waals surface area contributed by atoms with E-state index in [4.69, 9.17) is 0 Å². The molecule has 1 aliphatic heterocycles. The number of thiophene rings is 1. The van der Waals surface area contributed by atoms with Crippen LogP contribution < -0.4 is 5.32 Å². The lowest BCUT2D eigenvalue weighted by molar-refractivity contribution is 0.246. The van der Waals surface area contributed by atoms with E-state index in [1.54, 1.807) is 6.20 Å². The maximum atomic E-state index is 4.66. The molecule has 0 aromatic carbocycles. The lowest BCUT2D eigenvalue weighted by Gasteiger charge is -2.23. The lowest BCUT2D eigenvalue weighted by atomic mass is 10.1. The molecule has 0 radical (unpaired) electrons. The van der Waals surface area contributed by atoms with E-state index in [0.29, 0.717) is 6.04 Å². The van der Waals surface area contributed by atoms with Crippen LogP contribution >= 0.6 is 11.3 Å². The van der Waals surface area contributed by atoms with Crippen molar-refractivity contribution in [3.8, 4) is 0 Å². The number of rotatable bonds is 4. The van der Waals surface area contributed by atoms with Gasteiger partial charge in [0.2, 0.25) is 0 Å². The standard InChI is InChI=1S/C15H20N4S/c1-11-5-7-20-14(11)10-19-6-3-4-13(19)12-8-17-9-15(16-2)18-12/h5,7-9,13H,3-4,6,10H2,1-2H3,(H,16,18)/t13-/m1/s1. The van der Waals surface area contributed by atoms with Crippen LogP contribution in [0.2, 0.25) is 0 Å². The third kappa shape index (κ3) is 2.69. The van der Waals surface area contributed by atoms with Crippen LogP contribution in [-0.2, 0) is 6.54 Å². The van der Waals surface area contributed by atoms with Gasteiger partial charge in [-0.1, -0.05) is 0 Å². The van der Waals surface area contributed by atoms with Gasteiger partial charge >= 0.3 is 0 Å². The van der Waals surface area contributed by atoms with Gasteiger partial charge in [-0.2, -0.15) is 0 Å². The maximum absolute atomic E-state index is 4.66. The van der Waals surface area contributed by atoms with Crippen molar-refractivity contribution < 1.29 is 0 Å². The number of aromatic nitrogens is 2. The van der Waals surface area contributed by atoms with E-state index in [-0.39, 0.29) is 0 Å². The van der Waals surface area contributed by atoms with Gasteiger partial charge in [0.25, 0.3) is 0 Å². The molecule has 1 fully saturated rings. The lowest BCUT2D eigenvalue weighted by Crippen LogP contribution is -2.23. The van der Waals surface area contributed by atoms with Crippen molar-refractivity contribution in [1.29, 1.82) is 0 Å². The van der Waals surface area contributed by atoms with Gasteiger partial charge in [0.05, 0.1) is 24.1 Å². The minimum Gasteiger partial charge on any atom is -0.372 e. The normalized spacial score (nSPS) is 19.4. The third-order valence-corrected chi connectivity index (χ3v) is 4.94. The van der Waals surface area contributed by atoms with E-state index in [1.807, 2.05) is 24.6 Å². The van der Waals surface area contributed by atoms with Crippen molar-refractivity contribution >= 4 is 17.2 Å². The Balaban J connectivity index is 1.79. The highest BCUT2D eigenvalue weighted by atomic mass is 32.1. The molecular formula is C15H20N4S. The molecule has 2 aromatic rings. The molecule has 3 heterocycles. The summed E-state index contributed by atoms with van der Waals surface area (Å²) in [6.45, 7) is 4.37. The van der Waals surface area contributed by atoms with Crippen LogP contribution in [0.3, 0.4) is 0 Å². The number of likely N-dealkylation sites (tertiary alicyclic amines) is 1. The van der Waals surface area contributed by atoms with E-state index in [1.165, 1.54) is 23.3 Å². The Hall–Kier alpha value is -1.46. The van der Waals surface area contributed by atoms with Crippen molar-refractivity contribution in [1.82, 2.24) is 14.9 Å². The van der Waals surface area contributed by atoms with Gasteiger partial charge in [-0.15, -0.1) is 11.3 Å². The van der Waals surface area contributed by atoms with E-state index in [9.17, 15) is 0 Å². The van der Waals surface area contributed by atoms with Gasteiger partial charge in [0.1, 0.15) is 5.82 Å². The second-order valence-electron chi connectivity index (χ2n) is 5.23. The fourth-order valence-electron chi connectivity index (χ4n) is 2.76. The Bertz CT molecular complexity index is 581. The Morgan fingerprint density at radius 1 is 1.45 bits per heavy atom. The van der Waals surface area contributed by atoms with Crippen molar-refractivity contribution in [3.05, 3.63) is 40.0 Å². The fourth-order valence-corrected chi connectivity index (χ4v) is 3.69. The summed E-state index contributed by atoms with van der Waals surface area (Å²) in [5.41, 5.74) is 2.49. The molecule has 1 aliphatic rings. The monoisotopic (exact) mass is 288 g/mol. The first kappa shape index (κ1) is 13.5. The average molecular weight is 288 g/mol. The Morgan fingerprint density at radius 2 is 2.35 bits per heavy atom. The molecule has 0 amide bonds. The number of nitrogens with zero attached hydrogens (tertiary/aromatic N) is 3. The van der Waals surface area contributed by atoms with Crippen LogP contribution in [0.1, 0.15) is 35.0 Å². The Kier molecular flexibility index (Phi) is 3.98. The fraction of sp³-hybridized carbons (Fsp3) is 0.467. The van der Waals surface area contributed by atoms with E-state index >= 15 is 0 Å². The largest absolute Gasteiger partial charge is 0.372 e. The summed E-state index contributed by atoms with van der Waals surface area (Å²) < 4.78 is 0. The molecule has 0 bridgehead atoms. The van der Waals surface area contributed by atoms with Crippen molar-refractivity contribution in [3.63, 3.8) is 0 Å². The summed E-state index contributed by atoms with van der Waals surface area (Å²) in [6.07, 6.45) is 6.09.